The van der Waals surface area contributed by atoms with E-state index in [1.807, 2.05) is 4.90 Å². The van der Waals surface area contributed by atoms with Crippen LogP contribution in [-0.2, 0) is 4.74 Å². The fraction of sp³-hybridized carbons (Fsp3) is 0.500. The molecule has 1 amide bonds. The van der Waals surface area contributed by atoms with Crippen LogP contribution in [0.25, 0.3) is 0 Å². The molecular formula is C26H30F4N2O2. The third-order valence-electron chi connectivity index (χ3n) is 6.74. The molecule has 0 unspecified atom stereocenters. The highest BCUT2D eigenvalue weighted by molar-refractivity contribution is 5.68. The van der Waals surface area contributed by atoms with Crippen molar-refractivity contribution in [2.75, 3.05) is 26.2 Å². The maximum atomic E-state index is 15.4. The normalized spacial score (nSPS) is 23.0. The third kappa shape index (κ3) is 4.92. The Morgan fingerprint density at radius 3 is 1.91 bits per heavy atom. The highest BCUT2D eigenvalue weighted by atomic mass is 19.3. The molecule has 0 aromatic heterocycles. The van der Waals surface area contributed by atoms with E-state index in [0.29, 0.717) is 6.54 Å². The molecule has 184 valence electrons. The topological polar surface area (TPSA) is 32.8 Å². The lowest BCUT2D eigenvalue weighted by Gasteiger charge is -2.46. The zero-order valence-electron chi connectivity index (χ0n) is 19.7. The van der Waals surface area contributed by atoms with E-state index in [4.69, 9.17) is 4.74 Å². The molecule has 8 heteroatoms. The summed E-state index contributed by atoms with van der Waals surface area (Å²) in [5, 5.41) is 0. The van der Waals surface area contributed by atoms with Crippen LogP contribution in [0.15, 0.2) is 48.5 Å². The van der Waals surface area contributed by atoms with Crippen LogP contribution in [0.3, 0.4) is 0 Å². The summed E-state index contributed by atoms with van der Waals surface area (Å²) in [6.07, 6.45) is -0.829. The Labute approximate surface area is 197 Å². The number of benzene rings is 2. The second-order valence-electron chi connectivity index (χ2n) is 10.4. The first-order valence-corrected chi connectivity index (χ1v) is 11.5. The van der Waals surface area contributed by atoms with E-state index in [-0.39, 0.29) is 26.1 Å². The minimum absolute atomic E-state index is 0.0404. The van der Waals surface area contributed by atoms with Gasteiger partial charge in [-0.1, -0.05) is 24.3 Å². The van der Waals surface area contributed by atoms with Gasteiger partial charge in [-0.2, -0.15) is 0 Å². The van der Waals surface area contributed by atoms with Gasteiger partial charge in [-0.3, -0.25) is 4.90 Å². The Kier molecular flexibility index (Phi) is 6.40. The van der Waals surface area contributed by atoms with Gasteiger partial charge in [0.25, 0.3) is 5.92 Å². The second-order valence-corrected chi connectivity index (χ2v) is 10.4. The maximum Gasteiger partial charge on any atom is 0.410 e. The number of carbonyl (C=O) groups excluding carboxylic acids is 1. The van der Waals surface area contributed by atoms with Crippen molar-refractivity contribution in [3.63, 3.8) is 0 Å². The molecule has 4 rings (SSSR count). The Bertz CT molecular complexity index is 975. The van der Waals surface area contributed by atoms with Gasteiger partial charge in [-0.25, -0.2) is 22.4 Å². The highest BCUT2D eigenvalue weighted by Crippen LogP contribution is 2.51. The van der Waals surface area contributed by atoms with Crippen molar-refractivity contribution in [3.8, 4) is 0 Å². The van der Waals surface area contributed by atoms with Crippen molar-refractivity contribution in [1.29, 1.82) is 0 Å². The summed E-state index contributed by atoms with van der Waals surface area (Å²) in [6, 6.07) is 11.4. The molecule has 0 saturated carbocycles. The van der Waals surface area contributed by atoms with Gasteiger partial charge >= 0.3 is 6.09 Å². The van der Waals surface area contributed by atoms with Gasteiger partial charge in [0.2, 0.25) is 0 Å². The number of piperidine rings is 1. The van der Waals surface area contributed by atoms with Gasteiger partial charge in [-0.05, 0) is 69.1 Å². The van der Waals surface area contributed by atoms with Gasteiger partial charge < -0.3 is 9.64 Å². The van der Waals surface area contributed by atoms with Crippen molar-refractivity contribution in [3.05, 3.63) is 71.3 Å². The van der Waals surface area contributed by atoms with Crippen LogP contribution in [0.4, 0.5) is 22.4 Å². The monoisotopic (exact) mass is 478 g/mol. The van der Waals surface area contributed by atoms with E-state index in [2.05, 4.69) is 0 Å². The predicted octanol–water partition coefficient (Wildman–Crippen LogP) is 6.02. The summed E-state index contributed by atoms with van der Waals surface area (Å²) >= 11 is 0. The van der Waals surface area contributed by atoms with E-state index in [9.17, 15) is 13.6 Å². The van der Waals surface area contributed by atoms with Gasteiger partial charge in [0, 0.05) is 26.1 Å². The molecule has 2 aliphatic heterocycles. The number of alkyl halides is 2. The number of ether oxygens (including phenoxy) is 1. The summed E-state index contributed by atoms with van der Waals surface area (Å²) in [5.74, 6) is -3.76. The van der Waals surface area contributed by atoms with Crippen molar-refractivity contribution >= 4 is 6.09 Å². The quantitative estimate of drug-likeness (QED) is 0.506. The van der Waals surface area contributed by atoms with Crippen LogP contribution >= 0.6 is 0 Å². The number of amides is 1. The molecule has 1 spiro atoms. The molecule has 2 fully saturated rings. The fourth-order valence-electron chi connectivity index (χ4n) is 5.04. The number of halogens is 4. The van der Waals surface area contributed by atoms with Crippen LogP contribution in [0.2, 0.25) is 0 Å². The Morgan fingerprint density at radius 1 is 0.882 bits per heavy atom. The summed E-state index contributed by atoms with van der Waals surface area (Å²) < 4.78 is 63.4. The first-order chi connectivity index (χ1) is 15.9. The van der Waals surface area contributed by atoms with Crippen molar-refractivity contribution in [1.82, 2.24) is 9.80 Å². The summed E-state index contributed by atoms with van der Waals surface area (Å²) in [4.78, 5) is 16.0. The van der Waals surface area contributed by atoms with Crippen molar-refractivity contribution in [2.24, 2.45) is 5.41 Å². The standard InChI is InChI=1S/C26H30F4N2O2/c1-24(2,3)34-23(33)32-15-13-26(29,30)25(17-32)12-14-31(16-25)22(18-4-8-20(27)9-5-18)19-6-10-21(28)11-7-19/h4-11,22H,12-17H2,1-3H3/t25-/m1/s1. The summed E-state index contributed by atoms with van der Waals surface area (Å²) in [7, 11) is 0. The Hall–Kier alpha value is -2.61. The van der Waals surface area contributed by atoms with Gasteiger partial charge in [0.1, 0.15) is 17.2 Å². The largest absolute Gasteiger partial charge is 0.444 e. The van der Waals surface area contributed by atoms with Crippen molar-refractivity contribution < 1.29 is 27.1 Å². The van der Waals surface area contributed by atoms with E-state index in [1.54, 1.807) is 45.0 Å². The number of likely N-dealkylation sites (tertiary alicyclic amines) is 2. The number of hydrogen-bond donors (Lipinski definition) is 0. The number of rotatable bonds is 3. The lowest BCUT2D eigenvalue weighted by molar-refractivity contribution is -0.159. The Balaban J connectivity index is 1.64. The van der Waals surface area contributed by atoms with E-state index >= 15 is 8.78 Å². The minimum Gasteiger partial charge on any atom is -0.444 e. The molecule has 2 aromatic carbocycles. The molecule has 1 atom stereocenters. The molecule has 0 radical (unpaired) electrons. The molecule has 0 N–H and O–H groups in total. The van der Waals surface area contributed by atoms with E-state index in [0.717, 1.165) is 11.1 Å². The fourth-order valence-corrected chi connectivity index (χ4v) is 5.04. The van der Waals surface area contributed by atoms with Gasteiger partial charge in [-0.15, -0.1) is 0 Å². The van der Waals surface area contributed by atoms with Crippen molar-refractivity contribution in [2.45, 2.75) is 51.2 Å². The van der Waals surface area contributed by atoms with Gasteiger partial charge in [0.15, 0.2) is 0 Å². The van der Waals surface area contributed by atoms with E-state index in [1.165, 1.54) is 29.2 Å². The highest BCUT2D eigenvalue weighted by Gasteiger charge is 2.60. The van der Waals surface area contributed by atoms with Crippen LogP contribution in [0, 0.1) is 17.0 Å². The molecule has 4 nitrogen and oxygen atoms in total. The van der Waals surface area contributed by atoms with Crippen LogP contribution in [-0.4, -0.2) is 53.6 Å². The molecule has 2 saturated heterocycles. The Morgan fingerprint density at radius 2 is 1.41 bits per heavy atom. The summed E-state index contributed by atoms with van der Waals surface area (Å²) in [5.41, 5.74) is -0.691. The smallest absolute Gasteiger partial charge is 0.410 e. The first-order valence-electron chi connectivity index (χ1n) is 11.5. The molecule has 2 heterocycles. The maximum absolute atomic E-state index is 15.4. The van der Waals surface area contributed by atoms with Crippen LogP contribution in [0.5, 0.6) is 0 Å². The van der Waals surface area contributed by atoms with Gasteiger partial charge in [0.05, 0.1) is 11.5 Å². The number of hydrogen-bond acceptors (Lipinski definition) is 3. The zero-order valence-corrected chi connectivity index (χ0v) is 19.7. The predicted molar refractivity (Wildman–Crippen MR) is 121 cm³/mol. The van der Waals surface area contributed by atoms with Crippen LogP contribution in [0.1, 0.15) is 50.8 Å². The van der Waals surface area contributed by atoms with E-state index < -0.39 is 47.1 Å². The second kappa shape index (κ2) is 8.87. The average Bonchev–Trinajstić information content (AvgIpc) is 3.17. The molecule has 2 aliphatic rings. The number of nitrogens with zero attached hydrogens (tertiary/aromatic N) is 2. The third-order valence-corrected chi connectivity index (χ3v) is 6.74. The molecule has 34 heavy (non-hydrogen) atoms. The molecule has 0 bridgehead atoms. The minimum atomic E-state index is -2.96. The molecular weight excluding hydrogens is 448 g/mol. The SMILES string of the molecule is CC(C)(C)OC(=O)N1CCC(F)(F)[C@@]2(CCN(C(c3ccc(F)cc3)c3ccc(F)cc3)C2)C1. The number of carbonyl (C=O) groups is 1. The first kappa shape index (κ1) is 24.5. The zero-order chi connectivity index (χ0) is 24.7. The van der Waals surface area contributed by atoms with Crippen LogP contribution < -0.4 is 0 Å². The lowest BCUT2D eigenvalue weighted by Crippen LogP contribution is -2.58. The lowest BCUT2D eigenvalue weighted by atomic mass is 9.75. The molecule has 0 aliphatic carbocycles. The molecule has 2 aromatic rings. The average molecular weight is 479 g/mol. The summed E-state index contributed by atoms with van der Waals surface area (Å²) in [6.45, 7) is 5.45.